The molecule has 0 atom stereocenters. The van der Waals surface area contributed by atoms with Crippen LogP contribution in [-0.2, 0) is 0 Å². The number of hydrogen-bond acceptors (Lipinski definition) is 0. The summed E-state index contributed by atoms with van der Waals surface area (Å²) in [6.45, 7) is 0. The Bertz CT molecular complexity index is 327. The molecule has 0 nitrogen and oxygen atoms in total. The lowest BCUT2D eigenvalue weighted by atomic mass is 9.85. The van der Waals surface area contributed by atoms with Gasteiger partial charge in [-0.25, -0.2) is 0 Å². The fourth-order valence-electron chi connectivity index (χ4n) is 2.19. The van der Waals surface area contributed by atoms with Crippen molar-refractivity contribution in [1.82, 2.24) is 0 Å². The van der Waals surface area contributed by atoms with E-state index in [1.165, 1.54) is 37.7 Å². The summed E-state index contributed by atoms with van der Waals surface area (Å²) >= 11 is 11.9. The monoisotopic (exact) mass is 241 g/mol. The molecule has 0 spiro atoms. The zero-order chi connectivity index (χ0) is 10.7. The molecule has 0 unspecified atom stereocenters. The lowest BCUT2D eigenvalue weighted by molar-refractivity contribution is 0.403. The second kappa shape index (κ2) is 5.23. The molecular weight excluding hydrogens is 227 g/mol. The zero-order valence-electron chi connectivity index (χ0n) is 8.68. The van der Waals surface area contributed by atoms with E-state index in [-0.39, 0.29) is 0 Å². The number of hydrogen-bond donors (Lipinski definition) is 0. The Morgan fingerprint density at radius 2 is 1.73 bits per heavy atom. The third-order valence-electron chi connectivity index (χ3n) is 3.02. The summed E-state index contributed by atoms with van der Waals surface area (Å²) in [4.78, 5) is 0. The maximum Gasteiger partial charge on any atom is 0.0595 e. The van der Waals surface area contributed by atoms with E-state index in [4.69, 9.17) is 23.2 Å². The molecule has 0 amide bonds. The Morgan fingerprint density at radius 3 is 2.40 bits per heavy atom. The molecule has 0 bridgehead atoms. The summed E-state index contributed by atoms with van der Waals surface area (Å²) in [5, 5.41) is 1.29. The van der Waals surface area contributed by atoms with E-state index < -0.39 is 0 Å². The van der Waals surface area contributed by atoms with Gasteiger partial charge >= 0.3 is 0 Å². The second-order valence-corrected chi connectivity index (χ2v) is 5.05. The van der Waals surface area contributed by atoms with Crippen LogP contribution in [0.1, 0.15) is 37.7 Å². The first-order chi connectivity index (χ1) is 7.25. The van der Waals surface area contributed by atoms with E-state index in [1.807, 2.05) is 18.2 Å². The van der Waals surface area contributed by atoms with Gasteiger partial charge in [0.25, 0.3) is 0 Å². The van der Waals surface area contributed by atoms with Gasteiger partial charge < -0.3 is 0 Å². The quantitative estimate of drug-likeness (QED) is 0.674. The van der Waals surface area contributed by atoms with Crippen LogP contribution in [-0.4, -0.2) is 0 Å². The number of benzene rings is 1. The number of rotatable bonds is 2. The normalized spacial score (nSPS) is 18.0. The molecule has 81 valence electrons. The van der Waals surface area contributed by atoms with Crippen LogP contribution in [0.4, 0.5) is 0 Å². The SMILES string of the molecule is Clc1ccc([CH]C2CCCCC2)cc1Cl. The summed E-state index contributed by atoms with van der Waals surface area (Å²) in [5.74, 6) is 0.732. The largest absolute Gasteiger partial charge is 0.0827 e. The first kappa shape index (κ1) is 11.3. The molecule has 0 aromatic heterocycles. The van der Waals surface area contributed by atoms with E-state index >= 15 is 0 Å². The van der Waals surface area contributed by atoms with Crippen LogP contribution in [0.2, 0.25) is 10.0 Å². The fourth-order valence-corrected chi connectivity index (χ4v) is 2.50. The standard InChI is InChI=1S/C13H15Cl2/c14-12-7-6-11(9-13(12)15)8-10-4-2-1-3-5-10/h6-10H,1-5H2. The Hall–Kier alpha value is -0.200. The maximum atomic E-state index is 5.98. The van der Waals surface area contributed by atoms with Crippen LogP contribution < -0.4 is 0 Å². The van der Waals surface area contributed by atoms with Gasteiger partial charge in [0.1, 0.15) is 0 Å². The topological polar surface area (TPSA) is 0 Å². The maximum absolute atomic E-state index is 5.98. The van der Waals surface area contributed by atoms with Crippen LogP contribution >= 0.6 is 23.2 Å². The lowest BCUT2D eigenvalue weighted by Crippen LogP contribution is -2.07. The Kier molecular flexibility index (Phi) is 3.93. The van der Waals surface area contributed by atoms with E-state index in [2.05, 4.69) is 6.42 Å². The highest BCUT2D eigenvalue weighted by atomic mass is 35.5. The molecule has 1 saturated carbocycles. The van der Waals surface area contributed by atoms with E-state index in [0.717, 1.165) is 5.92 Å². The fraction of sp³-hybridized carbons (Fsp3) is 0.462. The molecule has 2 rings (SSSR count). The average molecular weight is 242 g/mol. The Labute approximate surface area is 102 Å². The molecular formula is C13H15Cl2. The first-order valence-electron chi connectivity index (χ1n) is 5.55. The van der Waals surface area contributed by atoms with E-state index in [9.17, 15) is 0 Å². The molecule has 1 radical (unpaired) electrons. The molecule has 1 aromatic carbocycles. The summed E-state index contributed by atoms with van der Waals surface area (Å²) < 4.78 is 0. The van der Waals surface area contributed by atoms with Gasteiger partial charge in [-0.2, -0.15) is 0 Å². The molecule has 0 saturated heterocycles. The highest BCUT2D eigenvalue weighted by Crippen LogP contribution is 2.30. The van der Waals surface area contributed by atoms with Gasteiger partial charge in [0.2, 0.25) is 0 Å². The van der Waals surface area contributed by atoms with Crippen molar-refractivity contribution in [3.05, 3.63) is 40.2 Å². The van der Waals surface area contributed by atoms with Crippen molar-refractivity contribution in [3.8, 4) is 0 Å². The van der Waals surface area contributed by atoms with Crippen LogP contribution in [0, 0.1) is 12.3 Å². The zero-order valence-corrected chi connectivity index (χ0v) is 10.2. The van der Waals surface area contributed by atoms with Gasteiger partial charge in [-0.15, -0.1) is 0 Å². The van der Waals surface area contributed by atoms with Crippen LogP contribution in [0.5, 0.6) is 0 Å². The van der Waals surface area contributed by atoms with Crippen molar-refractivity contribution in [2.24, 2.45) is 5.92 Å². The molecule has 1 aromatic rings. The van der Waals surface area contributed by atoms with Crippen molar-refractivity contribution >= 4 is 23.2 Å². The minimum atomic E-state index is 0.637. The molecule has 1 aliphatic carbocycles. The molecule has 1 fully saturated rings. The van der Waals surface area contributed by atoms with Gasteiger partial charge in [-0.1, -0.05) is 48.5 Å². The predicted octanol–water partition coefficient (Wildman–Crippen LogP) is 5.13. The van der Waals surface area contributed by atoms with Crippen molar-refractivity contribution in [2.45, 2.75) is 32.1 Å². The molecule has 1 aliphatic rings. The summed E-state index contributed by atoms with van der Waals surface area (Å²) in [6.07, 6.45) is 9.10. The van der Waals surface area contributed by atoms with Crippen molar-refractivity contribution < 1.29 is 0 Å². The van der Waals surface area contributed by atoms with Crippen LogP contribution in [0.3, 0.4) is 0 Å². The smallest absolute Gasteiger partial charge is 0.0595 e. The highest BCUT2D eigenvalue weighted by molar-refractivity contribution is 6.42. The van der Waals surface area contributed by atoms with Gasteiger partial charge in [0, 0.05) is 0 Å². The molecule has 0 heterocycles. The molecule has 15 heavy (non-hydrogen) atoms. The average Bonchev–Trinajstić information content (AvgIpc) is 2.25. The minimum Gasteiger partial charge on any atom is -0.0827 e. The Morgan fingerprint density at radius 1 is 1.00 bits per heavy atom. The van der Waals surface area contributed by atoms with Crippen molar-refractivity contribution in [2.75, 3.05) is 0 Å². The molecule has 0 N–H and O–H groups in total. The third kappa shape index (κ3) is 3.12. The highest BCUT2D eigenvalue weighted by Gasteiger charge is 2.14. The second-order valence-electron chi connectivity index (χ2n) is 4.24. The van der Waals surface area contributed by atoms with Gasteiger partial charge in [-0.05, 0) is 42.9 Å². The third-order valence-corrected chi connectivity index (χ3v) is 3.76. The summed E-state index contributed by atoms with van der Waals surface area (Å²) in [5.41, 5.74) is 1.20. The van der Waals surface area contributed by atoms with Crippen LogP contribution in [0.15, 0.2) is 18.2 Å². The van der Waals surface area contributed by atoms with E-state index in [1.54, 1.807) is 0 Å². The van der Waals surface area contributed by atoms with Gasteiger partial charge in [-0.3, -0.25) is 0 Å². The molecule has 2 heteroatoms. The lowest BCUT2D eigenvalue weighted by Gasteiger charge is -2.21. The Balaban J connectivity index is 2.00. The molecule has 0 aliphatic heterocycles. The van der Waals surface area contributed by atoms with Gasteiger partial charge in [0.15, 0.2) is 0 Å². The van der Waals surface area contributed by atoms with Crippen molar-refractivity contribution in [3.63, 3.8) is 0 Å². The minimum absolute atomic E-state index is 0.637. The predicted molar refractivity (Wildman–Crippen MR) is 66.4 cm³/mol. The van der Waals surface area contributed by atoms with Crippen molar-refractivity contribution in [1.29, 1.82) is 0 Å². The summed E-state index contributed by atoms with van der Waals surface area (Å²) in [7, 11) is 0. The summed E-state index contributed by atoms with van der Waals surface area (Å²) in [6, 6.07) is 5.87. The van der Waals surface area contributed by atoms with Crippen LogP contribution in [0.25, 0.3) is 0 Å². The van der Waals surface area contributed by atoms with Gasteiger partial charge in [0.05, 0.1) is 10.0 Å². The number of halogens is 2. The first-order valence-corrected chi connectivity index (χ1v) is 6.31. The van der Waals surface area contributed by atoms with E-state index in [0.29, 0.717) is 10.0 Å².